The zero-order chi connectivity index (χ0) is 14.8. The van der Waals surface area contributed by atoms with Crippen molar-refractivity contribution in [2.75, 3.05) is 5.73 Å². The Labute approximate surface area is 128 Å². The lowest BCUT2D eigenvalue weighted by atomic mass is 10.1. The van der Waals surface area contributed by atoms with Gasteiger partial charge in [-0.15, -0.1) is 0 Å². The van der Waals surface area contributed by atoms with Crippen LogP contribution in [0.4, 0.5) is 5.82 Å². The van der Waals surface area contributed by atoms with Gasteiger partial charge in [0.25, 0.3) is 0 Å². The second-order valence-corrected chi connectivity index (χ2v) is 5.26. The summed E-state index contributed by atoms with van der Waals surface area (Å²) in [6.45, 7) is 2.09. The molecule has 3 rings (SSSR count). The number of nitrogens with two attached hydrogens (primary N) is 1. The van der Waals surface area contributed by atoms with Crippen molar-refractivity contribution in [3.8, 4) is 11.3 Å². The van der Waals surface area contributed by atoms with Crippen LogP contribution in [-0.2, 0) is 0 Å². The number of hydrogen-bond acceptors (Lipinski definition) is 3. The van der Waals surface area contributed by atoms with Gasteiger partial charge in [0.2, 0.25) is 0 Å². The molecule has 0 amide bonds. The standard InChI is InChI=1S/C16H15ClN4/c1-11(13-4-2-3-5-14(13)17)21-10-19-9-15(21)12-6-7-20-16(18)8-12/h2-11H,1H3,(H2,18,20). The highest BCUT2D eigenvalue weighted by Crippen LogP contribution is 2.30. The monoisotopic (exact) mass is 298 g/mol. The Morgan fingerprint density at radius 3 is 2.81 bits per heavy atom. The molecule has 4 nitrogen and oxygen atoms in total. The minimum Gasteiger partial charge on any atom is -0.384 e. The summed E-state index contributed by atoms with van der Waals surface area (Å²) < 4.78 is 2.08. The quantitative estimate of drug-likeness (QED) is 0.800. The molecular formula is C16H15ClN4. The third-order valence-electron chi connectivity index (χ3n) is 3.52. The first kappa shape index (κ1) is 13.6. The summed E-state index contributed by atoms with van der Waals surface area (Å²) in [6.07, 6.45) is 5.32. The van der Waals surface area contributed by atoms with Crippen LogP contribution in [0.3, 0.4) is 0 Å². The zero-order valence-corrected chi connectivity index (χ0v) is 12.3. The van der Waals surface area contributed by atoms with Crippen molar-refractivity contribution in [3.63, 3.8) is 0 Å². The van der Waals surface area contributed by atoms with Crippen molar-refractivity contribution in [2.24, 2.45) is 0 Å². The first-order valence-electron chi connectivity index (χ1n) is 6.65. The van der Waals surface area contributed by atoms with E-state index >= 15 is 0 Å². The van der Waals surface area contributed by atoms with E-state index < -0.39 is 0 Å². The molecule has 2 N–H and O–H groups in total. The summed E-state index contributed by atoms with van der Waals surface area (Å²) in [5, 5.41) is 0.749. The summed E-state index contributed by atoms with van der Waals surface area (Å²) in [7, 11) is 0. The first-order chi connectivity index (χ1) is 10.2. The maximum Gasteiger partial charge on any atom is 0.123 e. The van der Waals surface area contributed by atoms with Crippen LogP contribution in [0.5, 0.6) is 0 Å². The summed E-state index contributed by atoms with van der Waals surface area (Å²) in [5.74, 6) is 0.491. The predicted octanol–water partition coefficient (Wildman–Crippen LogP) is 3.79. The molecule has 0 bridgehead atoms. The van der Waals surface area contributed by atoms with Crippen molar-refractivity contribution in [2.45, 2.75) is 13.0 Å². The smallest absolute Gasteiger partial charge is 0.123 e. The molecule has 3 aromatic rings. The van der Waals surface area contributed by atoms with Crippen LogP contribution in [0.1, 0.15) is 18.5 Å². The van der Waals surface area contributed by atoms with Gasteiger partial charge in [-0.2, -0.15) is 0 Å². The number of aromatic nitrogens is 3. The maximum atomic E-state index is 6.30. The molecule has 0 saturated heterocycles. The van der Waals surface area contributed by atoms with Crippen molar-refractivity contribution in [1.29, 1.82) is 0 Å². The number of nitrogens with zero attached hydrogens (tertiary/aromatic N) is 3. The molecule has 0 radical (unpaired) electrons. The third-order valence-corrected chi connectivity index (χ3v) is 3.86. The Hall–Kier alpha value is -2.33. The molecule has 0 spiro atoms. The van der Waals surface area contributed by atoms with E-state index in [0.29, 0.717) is 5.82 Å². The van der Waals surface area contributed by atoms with Gasteiger partial charge in [0.15, 0.2) is 0 Å². The minimum absolute atomic E-state index is 0.0746. The summed E-state index contributed by atoms with van der Waals surface area (Å²) in [4.78, 5) is 8.29. The third kappa shape index (κ3) is 2.62. The molecule has 2 aromatic heterocycles. The minimum atomic E-state index is 0.0746. The number of rotatable bonds is 3. The van der Waals surface area contributed by atoms with E-state index in [0.717, 1.165) is 21.8 Å². The van der Waals surface area contributed by atoms with Gasteiger partial charge in [-0.1, -0.05) is 29.8 Å². The highest BCUT2D eigenvalue weighted by molar-refractivity contribution is 6.31. The van der Waals surface area contributed by atoms with Gasteiger partial charge in [-0.3, -0.25) is 0 Å². The molecule has 0 aliphatic heterocycles. The summed E-state index contributed by atoms with van der Waals surface area (Å²) >= 11 is 6.30. The number of benzene rings is 1. The summed E-state index contributed by atoms with van der Waals surface area (Å²) in [5.41, 5.74) is 8.79. The molecule has 0 aliphatic carbocycles. The van der Waals surface area contributed by atoms with E-state index in [2.05, 4.69) is 21.5 Å². The van der Waals surface area contributed by atoms with Gasteiger partial charge in [0.05, 0.1) is 24.3 Å². The number of imidazole rings is 1. The van der Waals surface area contributed by atoms with E-state index in [1.165, 1.54) is 0 Å². The second kappa shape index (κ2) is 5.58. The molecule has 21 heavy (non-hydrogen) atoms. The van der Waals surface area contributed by atoms with Crippen LogP contribution in [0.25, 0.3) is 11.3 Å². The maximum absolute atomic E-state index is 6.30. The Morgan fingerprint density at radius 2 is 2.05 bits per heavy atom. The van der Waals surface area contributed by atoms with Gasteiger partial charge in [-0.25, -0.2) is 9.97 Å². The largest absolute Gasteiger partial charge is 0.384 e. The molecule has 1 aromatic carbocycles. The van der Waals surface area contributed by atoms with Gasteiger partial charge in [-0.05, 0) is 30.7 Å². The van der Waals surface area contributed by atoms with Crippen LogP contribution < -0.4 is 5.73 Å². The van der Waals surface area contributed by atoms with Gasteiger partial charge in [0.1, 0.15) is 5.82 Å². The molecule has 1 atom stereocenters. The highest BCUT2D eigenvalue weighted by atomic mass is 35.5. The molecule has 1 unspecified atom stereocenters. The fraction of sp³-hybridized carbons (Fsp3) is 0.125. The van der Waals surface area contributed by atoms with Crippen molar-refractivity contribution >= 4 is 17.4 Å². The van der Waals surface area contributed by atoms with Crippen LogP contribution in [0.15, 0.2) is 55.1 Å². The van der Waals surface area contributed by atoms with E-state index in [4.69, 9.17) is 17.3 Å². The van der Waals surface area contributed by atoms with Crippen molar-refractivity contribution in [1.82, 2.24) is 14.5 Å². The molecule has 2 heterocycles. The van der Waals surface area contributed by atoms with Crippen LogP contribution in [0.2, 0.25) is 5.02 Å². The molecule has 0 aliphatic rings. The molecule has 0 fully saturated rings. The molecule has 106 valence electrons. The molecule has 5 heteroatoms. The Kier molecular flexibility index (Phi) is 3.62. The fourth-order valence-electron chi connectivity index (χ4n) is 2.41. The zero-order valence-electron chi connectivity index (χ0n) is 11.6. The molecule has 0 saturated carbocycles. The van der Waals surface area contributed by atoms with E-state index in [-0.39, 0.29) is 6.04 Å². The number of anilines is 1. The van der Waals surface area contributed by atoms with Crippen molar-refractivity contribution in [3.05, 3.63) is 65.7 Å². The van der Waals surface area contributed by atoms with E-state index in [1.54, 1.807) is 12.5 Å². The summed E-state index contributed by atoms with van der Waals surface area (Å²) in [6, 6.07) is 11.7. The normalized spacial score (nSPS) is 12.3. The van der Waals surface area contributed by atoms with E-state index in [9.17, 15) is 0 Å². The van der Waals surface area contributed by atoms with Crippen LogP contribution >= 0.6 is 11.6 Å². The average molecular weight is 299 g/mol. The highest BCUT2D eigenvalue weighted by Gasteiger charge is 2.15. The second-order valence-electron chi connectivity index (χ2n) is 4.85. The van der Waals surface area contributed by atoms with Gasteiger partial charge in [0, 0.05) is 16.8 Å². The first-order valence-corrected chi connectivity index (χ1v) is 7.03. The number of hydrogen-bond donors (Lipinski definition) is 1. The lowest BCUT2D eigenvalue weighted by molar-refractivity contribution is 0.645. The van der Waals surface area contributed by atoms with Gasteiger partial charge >= 0.3 is 0 Å². The fourth-order valence-corrected chi connectivity index (χ4v) is 2.70. The SMILES string of the molecule is CC(c1ccccc1Cl)n1cncc1-c1ccnc(N)c1. The van der Waals surface area contributed by atoms with Crippen LogP contribution in [0, 0.1) is 0 Å². The Balaban J connectivity index is 2.05. The topological polar surface area (TPSA) is 56.7 Å². The lowest BCUT2D eigenvalue weighted by Gasteiger charge is -2.18. The predicted molar refractivity (Wildman–Crippen MR) is 85.1 cm³/mol. The molecular weight excluding hydrogens is 284 g/mol. The average Bonchev–Trinajstić information content (AvgIpc) is 2.96. The lowest BCUT2D eigenvalue weighted by Crippen LogP contribution is -2.07. The number of halogens is 1. The number of nitrogen functional groups attached to an aromatic ring is 1. The van der Waals surface area contributed by atoms with Crippen molar-refractivity contribution < 1.29 is 0 Å². The number of pyridine rings is 1. The Morgan fingerprint density at radius 1 is 1.24 bits per heavy atom. The Bertz CT molecular complexity index is 766. The van der Waals surface area contributed by atoms with Gasteiger partial charge < -0.3 is 10.3 Å². The van der Waals surface area contributed by atoms with E-state index in [1.807, 2.05) is 42.6 Å². The van der Waals surface area contributed by atoms with Crippen LogP contribution in [-0.4, -0.2) is 14.5 Å².